The average molecular weight is 312 g/mol. The van der Waals surface area contributed by atoms with Crippen LogP contribution in [0.5, 0.6) is 0 Å². The highest BCUT2D eigenvalue weighted by Crippen LogP contribution is 2.33. The van der Waals surface area contributed by atoms with Crippen molar-refractivity contribution in [3.05, 3.63) is 0 Å². The number of likely N-dealkylation sites (tertiary alicyclic amines) is 1. The van der Waals surface area contributed by atoms with E-state index < -0.39 is 5.60 Å². The van der Waals surface area contributed by atoms with Gasteiger partial charge in [-0.15, -0.1) is 0 Å². The molecule has 2 fully saturated rings. The van der Waals surface area contributed by atoms with Crippen LogP contribution < -0.4 is 5.32 Å². The van der Waals surface area contributed by atoms with Gasteiger partial charge in [0, 0.05) is 24.7 Å². The van der Waals surface area contributed by atoms with Gasteiger partial charge in [0.25, 0.3) is 0 Å². The van der Waals surface area contributed by atoms with Crippen molar-refractivity contribution < 1.29 is 14.6 Å². The second kappa shape index (κ2) is 6.75. The van der Waals surface area contributed by atoms with Crippen molar-refractivity contribution in [1.82, 2.24) is 10.2 Å². The van der Waals surface area contributed by atoms with Gasteiger partial charge in [0.05, 0.1) is 6.61 Å². The fourth-order valence-electron chi connectivity index (χ4n) is 3.46. The van der Waals surface area contributed by atoms with Crippen LogP contribution >= 0.6 is 0 Å². The molecular formula is C17H32N2O3. The van der Waals surface area contributed by atoms with Crippen LogP contribution in [0.4, 0.5) is 4.79 Å². The molecule has 2 unspecified atom stereocenters. The van der Waals surface area contributed by atoms with Gasteiger partial charge in [-0.05, 0) is 65.7 Å². The normalized spacial score (nSPS) is 26.2. The summed E-state index contributed by atoms with van der Waals surface area (Å²) >= 11 is 0. The minimum absolute atomic E-state index is 0.0758. The molecule has 1 saturated heterocycles. The van der Waals surface area contributed by atoms with E-state index in [1.165, 1.54) is 6.42 Å². The van der Waals surface area contributed by atoms with Crippen LogP contribution in [0.3, 0.4) is 0 Å². The third kappa shape index (κ3) is 4.35. The SMILES string of the molecule is CC(NC1(CO)CCC1)C1CCCN(C(=O)OC(C)(C)C)C1. The maximum absolute atomic E-state index is 12.2. The molecule has 0 aromatic heterocycles. The van der Waals surface area contributed by atoms with Crippen LogP contribution in [0.1, 0.15) is 59.8 Å². The summed E-state index contributed by atoms with van der Waals surface area (Å²) in [5.74, 6) is 0.422. The molecule has 0 spiro atoms. The first-order valence-electron chi connectivity index (χ1n) is 8.61. The van der Waals surface area contributed by atoms with Crippen LogP contribution in [0.2, 0.25) is 0 Å². The lowest BCUT2D eigenvalue weighted by atomic mass is 9.76. The number of piperidine rings is 1. The number of carbonyl (C=O) groups excluding carboxylic acids is 1. The molecule has 0 aromatic carbocycles. The van der Waals surface area contributed by atoms with E-state index in [9.17, 15) is 9.90 Å². The Kier molecular flexibility index (Phi) is 5.38. The Labute approximate surface area is 134 Å². The average Bonchev–Trinajstić information content (AvgIpc) is 2.41. The van der Waals surface area contributed by atoms with Crippen molar-refractivity contribution >= 4 is 6.09 Å². The molecule has 0 radical (unpaired) electrons. The molecule has 5 nitrogen and oxygen atoms in total. The summed E-state index contributed by atoms with van der Waals surface area (Å²) in [6, 6.07) is 0.303. The molecule has 0 aromatic rings. The lowest BCUT2D eigenvalue weighted by Crippen LogP contribution is -2.60. The number of ether oxygens (including phenoxy) is 1. The van der Waals surface area contributed by atoms with Crippen LogP contribution in [0.25, 0.3) is 0 Å². The number of aliphatic hydroxyl groups is 1. The lowest BCUT2D eigenvalue weighted by Gasteiger charge is -2.46. The van der Waals surface area contributed by atoms with E-state index >= 15 is 0 Å². The van der Waals surface area contributed by atoms with E-state index in [1.54, 1.807) is 0 Å². The van der Waals surface area contributed by atoms with Gasteiger partial charge in [-0.1, -0.05) is 0 Å². The largest absolute Gasteiger partial charge is 0.444 e. The fraction of sp³-hybridized carbons (Fsp3) is 0.941. The summed E-state index contributed by atoms with van der Waals surface area (Å²) in [5, 5.41) is 13.2. The molecule has 1 aliphatic carbocycles. The Hall–Kier alpha value is -0.810. The zero-order valence-corrected chi connectivity index (χ0v) is 14.5. The Balaban J connectivity index is 1.88. The van der Waals surface area contributed by atoms with Crippen molar-refractivity contribution in [2.75, 3.05) is 19.7 Å². The van der Waals surface area contributed by atoms with Crippen molar-refractivity contribution in [2.45, 2.75) is 77.0 Å². The minimum Gasteiger partial charge on any atom is -0.444 e. The third-order valence-corrected chi connectivity index (χ3v) is 4.96. The number of amides is 1. The number of hydrogen-bond donors (Lipinski definition) is 2. The van der Waals surface area contributed by atoms with Gasteiger partial charge in [-0.3, -0.25) is 0 Å². The Morgan fingerprint density at radius 2 is 2.09 bits per heavy atom. The number of nitrogens with one attached hydrogen (secondary N) is 1. The Morgan fingerprint density at radius 3 is 2.59 bits per heavy atom. The molecule has 1 heterocycles. The topological polar surface area (TPSA) is 61.8 Å². The van der Waals surface area contributed by atoms with Crippen LogP contribution in [0.15, 0.2) is 0 Å². The maximum Gasteiger partial charge on any atom is 0.410 e. The number of nitrogens with zero attached hydrogens (tertiary/aromatic N) is 1. The quantitative estimate of drug-likeness (QED) is 0.837. The fourth-order valence-corrected chi connectivity index (χ4v) is 3.46. The monoisotopic (exact) mass is 312 g/mol. The van der Waals surface area contributed by atoms with Gasteiger partial charge in [-0.25, -0.2) is 4.79 Å². The van der Waals surface area contributed by atoms with E-state index in [1.807, 2.05) is 25.7 Å². The summed E-state index contributed by atoms with van der Waals surface area (Å²) in [6.45, 7) is 9.61. The van der Waals surface area contributed by atoms with Crippen LogP contribution in [-0.4, -0.2) is 53.0 Å². The molecule has 2 N–H and O–H groups in total. The summed E-state index contributed by atoms with van der Waals surface area (Å²) in [6.07, 6.45) is 5.23. The highest BCUT2D eigenvalue weighted by Gasteiger charge is 2.39. The second-order valence-electron chi connectivity index (χ2n) is 8.05. The molecule has 1 saturated carbocycles. The lowest BCUT2D eigenvalue weighted by molar-refractivity contribution is 0.0110. The highest BCUT2D eigenvalue weighted by atomic mass is 16.6. The second-order valence-corrected chi connectivity index (χ2v) is 8.05. The molecule has 2 rings (SSSR count). The van der Waals surface area contributed by atoms with E-state index in [0.717, 1.165) is 38.8 Å². The standard InChI is InChI=1S/C17H32N2O3/c1-13(18-17(12-20)8-6-9-17)14-7-5-10-19(11-14)15(21)22-16(2,3)4/h13-14,18,20H,5-12H2,1-4H3. The summed E-state index contributed by atoms with van der Waals surface area (Å²) in [7, 11) is 0. The summed E-state index contributed by atoms with van der Waals surface area (Å²) in [5.41, 5.74) is -0.519. The van der Waals surface area contributed by atoms with Crippen molar-refractivity contribution in [3.63, 3.8) is 0 Å². The van der Waals surface area contributed by atoms with Gasteiger partial charge < -0.3 is 20.1 Å². The predicted octanol–water partition coefficient (Wildman–Crippen LogP) is 2.53. The van der Waals surface area contributed by atoms with Crippen LogP contribution in [0, 0.1) is 5.92 Å². The minimum atomic E-state index is -0.444. The van der Waals surface area contributed by atoms with Gasteiger partial charge in [0.15, 0.2) is 0 Å². The Morgan fingerprint density at radius 1 is 1.41 bits per heavy atom. The number of carbonyl (C=O) groups is 1. The molecule has 1 aliphatic heterocycles. The first-order valence-corrected chi connectivity index (χ1v) is 8.61. The molecule has 5 heteroatoms. The molecular weight excluding hydrogens is 280 g/mol. The number of hydrogen-bond acceptors (Lipinski definition) is 4. The predicted molar refractivity (Wildman–Crippen MR) is 86.8 cm³/mol. The van der Waals surface area contributed by atoms with Gasteiger partial charge in [-0.2, -0.15) is 0 Å². The molecule has 0 bridgehead atoms. The smallest absolute Gasteiger partial charge is 0.410 e. The van der Waals surface area contributed by atoms with Gasteiger partial charge in [0.1, 0.15) is 5.60 Å². The number of aliphatic hydroxyl groups excluding tert-OH is 1. The first-order chi connectivity index (χ1) is 10.2. The highest BCUT2D eigenvalue weighted by molar-refractivity contribution is 5.68. The molecule has 2 aliphatic rings. The first kappa shape index (κ1) is 17.5. The zero-order valence-electron chi connectivity index (χ0n) is 14.5. The van der Waals surface area contributed by atoms with Gasteiger partial charge >= 0.3 is 6.09 Å². The van der Waals surface area contributed by atoms with Gasteiger partial charge in [0.2, 0.25) is 0 Å². The number of rotatable bonds is 4. The van der Waals surface area contributed by atoms with Crippen LogP contribution in [-0.2, 0) is 4.74 Å². The molecule has 2 atom stereocenters. The summed E-state index contributed by atoms with van der Waals surface area (Å²) < 4.78 is 5.49. The summed E-state index contributed by atoms with van der Waals surface area (Å²) in [4.78, 5) is 14.1. The third-order valence-electron chi connectivity index (χ3n) is 4.96. The molecule has 128 valence electrons. The van der Waals surface area contributed by atoms with Crippen molar-refractivity contribution in [2.24, 2.45) is 5.92 Å². The van der Waals surface area contributed by atoms with E-state index in [4.69, 9.17) is 4.74 Å². The van der Waals surface area contributed by atoms with E-state index in [2.05, 4.69) is 12.2 Å². The Bertz CT molecular complexity index is 382. The zero-order chi connectivity index (χ0) is 16.4. The van der Waals surface area contributed by atoms with Crippen molar-refractivity contribution in [1.29, 1.82) is 0 Å². The molecule has 22 heavy (non-hydrogen) atoms. The van der Waals surface area contributed by atoms with Crippen molar-refractivity contribution in [3.8, 4) is 0 Å². The maximum atomic E-state index is 12.2. The molecule has 1 amide bonds. The van der Waals surface area contributed by atoms with E-state index in [0.29, 0.717) is 12.0 Å². The van der Waals surface area contributed by atoms with E-state index in [-0.39, 0.29) is 18.2 Å².